The molecule has 0 amide bonds. The molecule has 28 heavy (non-hydrogen) atoms. The normalized spacial score (nSPS) is 15.5. The molecule has 7 nitrogen and oxygen atoms in total. The van der Waals surface area contributed by atoms with Crippen LogP contribution in [0.4, 0.5) is 10.3 Å². The molecule has 2 N–H and O–H groups in total. The molecule has 1 aliphatic rings. The average Bonchev–Trinajstić information content (AvgIpc) is 2.74. The van der Waals surface area contributed by atoms with Gasteiger partial charge < -0.3 is 15.5 Å². The van der Waals surface area contributed by atoms with Crippen LogP contribution in [-0.4, -0.2) is 67.1 Å². The summed E-state index contributed by atoms with van der Waals surface area (Å²) in [5.74, 6) is 1.38. The van der Waals surface area contributed by atoms with E-state index in [0.717, 1.165) is 56.7 Å². The number of benzene rings is 1. The van der Waals surface area contributed by atoms with Crippen molar-refractivity contribution in [1.82, 2.24) is 25.5 Å². The number of hydrogen-bond acceptors (Lipinski definition) is 5. The predicted octanol–water partition coefficient (Wildman–Crippen LogP) is 1.41. The summed E-state index contributed by atoms with van der Waals surface area (Å²) in [4.78, 5) is 17.5. The largest absolute Gasteiger partial charge is 0.355 e. The Labute approximate surface area is 165 Å². The summed E-state index contributed by atoms with van der Waals surface area (Å²) in [5.41, 5.74) is 1.68. The number of piperazine rings is 1. The van der Waals surface area contributed by atoms with Crippen molar-refractivity contribution >= 4 is 11.9 Å². The zero-order valence-electron chi connectivity index (χ0n) is 16.5. The molecule has 8 heteroatoms. The predicted molar refractivity (Wildman–Crippen MR) is 110 cm³/mol. The maximum atomic E-state index is 13.4. The van der Waals surface area contributed by atoms with E-state index in [-0.39, 0.29) is 5.82 Å². The number of nitrogens with one attached hydrogen (secondary N) is 2. The van der Waals surface area contributed by atoms with Gasteiger partial charge in [0.25, 0.3) is 0 Å². The molecule has 0 aliphatic carbocycles. The molecule has 3 rings (SSSR count). The zero-order valence-corrected chi connectivity index (χ0v) is 16.5. The first kappa shape index (κ1) is 20.0. The van der Waals surface area contributed by atoms with E-state index in [0.29, 0.717) is 12.1 Å². The summed E-state index contributed by atoms with van der Waals surface area (Å²) < 4.78 is 13.4. The summed E-state index contributed by atoms with van der Waals surface area (Å²) >= 11 is 0. The molecular formula is C20H28FN7. The topological polar surface area (TPSA) is 68.7 Å². The lowest BCUT2D eigenvalue weighted by Gasteiger charge is -2.34. The Morgan fingerprint density at radius 3 is 2.57 bits per heavy atom. The number of nitrogens with zero attached hydrogens (tertiary/aromatic N) is 5. The van der Waals surface area contributed by atoms with Crippen molar-refractivity contribution in [1.29, 1.82) is 0 Å². The van der Waals surface area contributed by atoms with Crippen LogP contribution in [0, 0.1) is 12.7 Å². The van der Waals surface area contributed by atoms with Gasteiger partial charge in [-0.05, 0) is 30.2 Å². The third-order valence-electron chi connectivity index (χ3n) is 4.83. The summed E-state index contributed by atoms with van der Waals surface area (Å²) in [5, 5.41) is 6.61. The molecule has 0 radical (unpaired) electrons. The fourth-order valence-electron chi connectivity index (χ4n) is 3.18. The van der Waals surface area contributed by atoms with Crippen LogP contribution in [0.25, 0.3) is 0 Å². The van der Waals surface area contributed by atoms with Gasteiger partial charge in [0.1, 0.15) is 5.82 Å². The van der Waals surface area contributed by atoms with Gasteiger partial charge in [0, 0.05) is 65.3 Å². The SMILES string of the molecule is CN=C(NCCN1CCN(c2ncccn2)CC1)NCc1ccc(F)c(C)c1. The van der Waals surface area contributed by atoms with Gasteiger partial charge >= 0.3 is 0 Å². The molecule has 0 atom stereocenters. The Hall–Kier alpha value is -2.74. The van der Waals surface area contributed by atoms with Crippen LogP contribution in [0.1, 0.15) is 11.1 Å². The minimum absolute atomic E-state index is 0.176. The van der Waals surface area contributed by atoms with Crippen molar-refractivity contribution in [3.8, 4) is 0 Å². The first-order valence-corrected chi connectivity index (χ1v) is 9.59. The van der Waals surface area contributed by atoms with Crippen molar-refractivity contribution in [2.75, 3.05) is 51.2 Å². The molecule has 1 saturated heterocycles. The highest BCUT2D eigenvalue weighted by atomic mass is 19.1. The van der Waals surface area contributed by atoms with E-state index in [9.17, 15) is 4.39 Å². The molecule has 1 aromatic carbocycles. The lowest BCUT2D eigenvalue weighted by atomic mass is 10.1. The molecule has 1 fully saturated rings. The lowest BCUT2D eigenvalue weighted by Crippen LogP contribution is -2.49. The van der Waals surface area contributed by atoms with E-state index in [4.69, 9.17) is 0 Å². The maximum absolute atomic E-state index is 13.4. The van der Waals surface area contributed by atoms with Crippen LogP contribution >= 0.6 is 0 Å². The van der Waals surface area contributed by atoms with Gasteiger partial charge in [0.15, 0.2) is 5.96 Å². The van der Waals surface area contributed by atoms with Gasteiger partial charge in [-0.2, -0.15) is 0 Å². The molecule has 2 heterocycles. The Kier molecular flexibility index (Phi) is 7.13. The molecule has 0 unspecified atom stereocenters. The third kappa shape index (κ3) is 5.63. The van der Waals surface area contributed by atoms with Crippen molar-refractivity contribution in [3.63, 3.8) is 0 Å². The minimum atomic E-state index is -0.176. The van der Waals surface area contributed by atoms with Crippen LogP contribution in [0.2, 0.25) is 0 Å². The molecule has 0 bridgehead atoms. The van der Waals surface area contributed by atoms with E-state index in [1.807, 2.05) is 12.1 Å². The number of anilines is 1. The number of aryl methyl sites for hydroxylation is 1. The zero-order chi connectivity index (χ0) is 19.8. The lowest BCUT2D eigenvalue weighted by molar-refractivity contribution is 0.260. The average molecular weight is 385 g/mol. The Bertz CT molecular complexity index is 773. The summed E-state index contributed by atoms with van der Waals surface area (Å²) in [6.45, 7) is 7.97. The second kappa shape index (κ2) is 9.98. The number of aromatic nitrogens is 2. The Balaban J connectivity index is 1.36. The van der Waals surface area contributed by atoms with Gasteiger partial charge in [-0.1, -0.05) is 12.1 Å². The molecule has 0 spiro atoms. The summed E-state index contributed by atoms with van der Waals surface area (Å²) in [6, 6.07) is 6.98. The smallest absolute Gasteiger partial charge is 0.225 e. The molecule has 0 saturated carbocycles. The number of aliphatic imine (C=N–C) groups is 1. The second-order valence-electron chi connectivity index (χ2n) is 6.81. The van der Waals surface area contributed by atoms with Crippen LogP contribution in [-0.2, 0) is 6.54 Å². The number of halogens is 1. The molecule has 2 aromatic rings. The fraction of sp³-hybridized carbons (Fsp3) is 0.450. The highest BCUT2D eigenvalue weighted by molar-refractivity contribution is 5.79. The highest BCUT2D eigenvalue weighted by Gasteiger charge is 2.18. The van der Waals surface area contributed by atoms with Crippen molar-refractivity contribution in [2.45, 2.75) is 13.5 Å². The van der Waals surface area contributed by atoms with Gasteiger partial charge in [-0.15, -0.1) is 0 Å². The fourth-order valence-corrected chi connectivity index (χ4v) is 3.18. The van der Waals surface area contributed by atoms with Gasteiger partial charge in [-0.3, -0.25) is 9.89 Å². The maximum Gasteiger partial charge on any atom is 0.225 e. The minimum Gasteiger partial charge on any atom is -0.355 e. The van der Waals surface area contributed by atoms with Gasteiger partial charge in [0.05, 0.1) is 0 Å². The van der Waals surface area contributed by atoms with E-state index in [1.54, 1.807) is 32.4 Å². The van der Waals surface area contributed by atoms with E-state index < -0.39 is 0 Å². The number of hydrogen-bond donors (Lipinski definition) is 2. The highest BCUT2D eigenvalue weighted by Crippen LogP contribution is 2.10. The van der Waals surface area contributed by atoms with Crippen LogP contribution in [0.15, 0.2) is 41.7 Å². The first-order valence-electron chi connectivity index (χ1n) is 9.59. The van der Waals surface area contributed by atoms with E-state index >= 15 is 0 Å². The van der Waals surface area contributed by atoms with Crippen molar-refractivity contribution in [3.05, 3.63) is 53.6 Å². The molecule has 1 aromatic heterocycles. The third-order valence-corrected chi connectivity index (χ3v) is 4.83. The first-order chi connectivity index (χ1) is 13.7. The molecular weight excluding hydrogens is 357 g/mol. The second-order valence-corrected chi connectivity index (χ2v) is 6.81. The van der Waals surface area contributed by atoms with Crippen LogP contribution < -0.4 is 15.5 Å². The number of guanidine groups is 1. The van der Waals surface area contributed by atoms with Gasteiger partial charge in [0.2, 0.25) is 5.95 Å². The monoisotopic (exact) mass is 385 g/mol. The molecule has 1 aliphatic heterocycles. The van der Waals surface area contributed by atoms with Crippen molar-refractivity contribution in [2.24, 2.45) is 4.99 Å². The van der Waals surface area contributed by atoms with Crippen molar-refractivity contribution < 1.29 is 4.39 Å². The molecule has 150 valence electrons. The van der Waals surface area contributed by atoms with E-state index in [1.165, 1.54) is 6.07 Å². The quantitative estimate of drug-likeness (QED) is 0.579. The number of rotatable bonds is 6. The van der Waals surface area contributed by atoms with E-state index in [2.05, 4.69) is 35.4 Å². The summed E-state index contributed by atoms with van der Waals surface area (Å²) in [6.07, 6.45) is 3.56. The van der Waals surface area contributed by atoms with Crippen LogP contribution in [0.5, 0.6) is 0 Å². The summed E-state index contributed by atoms with van der Waals surface area (Å²) in [7, 11) is 1.75. The Morgan fingerprint density at radius 2 is 1.89 bits per heavy atom. The van der Waals surface area contributed by atoms with Gasteiger partial charge in [-0.25, -0.2) is 14.4 Å². The standard InChI is InChI=1S/C20H28FN7/c1-16-14-17(4-5-18(16)21)15-26-19(22-2)23-8-9-27-10-12-28(13-11-27)20-24-6-3-7-25-20/h3-7,14H,8-13,15H2,1-2H3,(H2,22,23,26). The van der Waals surface area contributed by atoms with Crippen LogP contribution in [0.3, 0.4) is 0 Å². The Morgan fingerprint density at radius 1 is 1.14 bits per heavy atom.